The maximum atomic E-state index is 13.6. The van der Waals surface area contributed by atoms with Crippen molar-refractivity contribution in [2.24, 2.45) is 0 Å². The van der Waals surface area contributed by atoms with E-state index < -0.39 is 20.0 Å². The third kappa shape index (κ3) is 61.1. The van der Waals surface area contributed by atoms with E-state index in [-0.39, 0.29) is 31.5 Å². The average Bonchev–Trinajstić information content (AvgIpc) is 3.43. The van der Waals surface area contributed by atoms with E-state index in [1.54, 1.807) is 0 Å². The van der Waals surface area contributed by atoms with Crippen LogP contribution in [0.2, 0.25) is 0 Å². The highest BCUT2D eigenvalue weighted by Crippen LogP contribution is 2.43. The van der Waals surface area contributed by atoms with Crippen LogP contribution in [-0.2, 0) is 27.9 Å². The Balaban J connectivity index is 5.16. The van der Waals surface area contributed by atoms with Crippen LogP contribution in [0, 0.1) is 0 Å². The maximum Gasteiger partial charge on any atom is 0.472 e. The molecular formula is C71H126N2O7P+. The van der Waals surface area contributed by atoms with E-state index in [1.807, 2.05) is 33.3 Å². The van der Waals surface area contributed by atoms with Crippen LogP contribution < -0.4 is 5.32 Å². The molecule has 0 spiro atoms. The minimum Gasteiger partial charge on any atom is -0.456 e. The van der Waals surface area contributed by atoms with Gasteiger partial charge in [-0.2, -0.15) is 0 Å². The van der Waals surface area contributed by atoms with Crippen LogP contribution in [0.15, 0.2) is 109 Å². The Morgan fingerprint density at radius 3 is 1.21 bits per heavy atom. The number of quaternary nitrogens is 1. The molecule has 0 aliphatic heterocycles. The molecule has 0 radical (unpaired) electrons. The largest absolute Gasteiger partial charge is 0.472 e. The molecule has 0 aliphatic carbocycles. The molecule has 0 aromatic carbocycles. The zero-order valence-corrected chi connectivity index (χ0v) is 54.1. The average molecular weight is 1150 g/mol. The van der Waals surface area contributed by atoms with E-state index in [0.29, 0.717) is 17.4 Å². The summed E-state index contributed by atoms with van der Waals surface area (Å²) in [5, 5.41) is 3.05. The quantitative estimate of drug-likeness (QED) is 0.0205. The van der Waals surface area contributed by atoms with Crippen LogP contribution in [0.1, 0.15) is 278 Å². The summed E-state index contributed by atoms with van der Waals surface area (Å²) in [7, 11) is 1.47. The van der Waals surface area contributed by atoms with Crippen molar-refractivity contribution in [3.63, 3.8) is 0 Å². The van der Waals surface area contributed by atoms with Gasteiger partial charge in [-0.3, -0.25) is 18.6 Å². The molecule has 0 saturated carbocycles. The Morgan fingerprint density at radius 1 is 0.444 bits per heavy atom. The number of nitrogens with zero attached hydrogens (tertiary/aromatic N) is 1. The van der Waals surface area contributed by atoms with Crippen LogP contribution >= 0.6 is 7.82 Å². The molecule has 3 atom stereocenters. The van der Waals surface area contributed by atoms with Crippen molar-refractivity contribution < 1.29 is 37.3 Å². The lowest BCUT2D eigenvalue weighted by atomic mass is 10.0. The Morgan fingerprint density at radius 2 is 0.790 bits per heavy atom. The van der Waals surface area contributed by atoms with Gasteiger partial charge in [0.1, 0.15) is 19.3 Å². The predicted octanol–water partition coefficient (Wildman–Crippen LogP) is 20.9. The number of phosphoric acid groups is 1. The zero-order valence-electron chi connectivity index (χ0n) is 53.2. The van der Waals surface area contributed by atoms with Gasteiger partial charge >= 0.3 is 13.8 Å². The van der Waals surface area contributed by atoms with Crippen molar-refractivity contribution in [3.8, 4) is 0 Å². The molecule has 0 bridgehead atoms. The lowest BCUT2D eigenvalue weighted by Gasteiger charge is -2.27. The van der Waals surface area contributed by atoms with Gasteiger partial charge in [0.25, 0.3) is 0 Å². The smallest absolute Gasteiger partial charge is 0.456 e. The summed E-state index contributed by atoms with van der Waals surface area (Å²) in [4.78, 5) is 37.8. The number of hydrogen-bond acceptors (Lipinski definition) is 6. The molecule has 2 N–H and O–H groups in total. The first-order valence-corrected chi connectivity index (χ1v) is 34.7. The topological polar surface area (TPSA) is 111 Å². The number of hydrogen-bond donors (Lipinski definition) is 2. The Bertz CT molecular complexity index is 1750. The summed E-state index contributed by atoms with van der Waals surface area (Å²) in [5.41, 5.74) is 0. The number of carbonyl (C=O) groups is 2. The number of carbonyl (C=O) groups excluding carboxylic acids is 2. The van der Waals surface area contributed by atoms with Crippen LogP contribution in [0.5, 0.6) is 0 Å². The first-order chi connectivity index (χ1) is 39.4. The molecule has 466 valence electrons. The molecular weight excluding hydrogens is 1020 g/mol. The molecule has 81 heavy (non-hydrogen) atoms. The number of amides is 1. The normalized spacial score (nSPS) is 14.3. The Labute approximate surface area is 500 Å². The van der Waals surface area contributed by atoms with Crippen molar-refractivity contribution in [1.82, 2.24) is 5.32 Å². The van der Waals surface area contributed by atoms with Crippen LogP contribution in [0.3, 0.4) is 0 Å². The monoisotopic (exact) mass is 1150 g/mol. The number of phosphoric ester groups is 1. The third-order valence-corrected chi connectivity index (χ3v) is 15.2. The van der Waals surface area contributed by atoms with Crippen LogP contribution in [0.4, 0.5) is 0 Å². The Hall–Kier alpha value is -3.33. The fourth-order valence-electron chi connectivity index (χ4n) is 9.09. The van der Waals surface area contributed by atoms with E-state index in [0.717, 1.165) is 141 Å². The van der Waals surface area contributed by atoms with Gasteiger partial charge in [-0.1, -0.05) is 259 Å². The van der Waals surface area contributed by atoms with Crippen molar-refractivity contribution in [2.45, 2.75) is 290 Å². The minimum absolute atomic E-state index is 0.0318. The molecule has 0 rings (SSSR count). The molecule has 9 nitrogen and oxygen atoms in total. The number of unbranched alkanes of at least 4 members (excludes halogenated alkanes) is 27. The summed E-state index contributed by atoms with van der Waals surface area (Å²) >= 11 is 0. The molecule has 0 aromatic rings. The number of nitrogens with one attached hydrogen (secondary N) is 1. The van der Waals surface area contributed by atoms with Crippen molar-refractivity contribution in [1.29, 1.82) is 0 Å². The number of ether oxygens (including phenoxy) is 1. The van der Waals surface area contributed by atoms with E-state index in [1.165, 1.54) is 103 Å². The highest BCUT2D eigenvalue weighted by molar-refractivity contribution is 7.47. The Kier molecular flexibility index (Phi) is 57.4. The second-order valence-electron chi connectivity index (χ2n) is 23.3. The molecule has 0 heterocycles. The summed E-state index contributed by atoms with van der Waals surface area (Å²) in [6.45, 7) is 6.86. The van der Waals surface area contributed by atoms with Crippen molar-refractivity contribution >= 4 is 19.7 Å². The summed E-state index contributed by atoms with van der Waals surface area (Å²) in [5.74, 6) is -0.530. The summed E-state index contributed by atoms with van der Waals surface area (Å²) in [6, 6.07) is -0.864. The van der Waals surface area contributed by atoms with Gasteiger partial charge in [-0.05, 0) is 115 Å². The molecule has 0 aromatic heterocycles. The standard InChI is InChI=1S/C71H125N2O7P/c1-7-10-13-16-19-22-25-27-29-31-33-34-35-36-37-38-40-42-44-46-49-52-55-58-61-64-71(75)80-69(62-59-56-53-50-47-24-21-18-15-12-9-3)68(67-79-81(76,77)78-66-65-73(4,5)6)72-70(74)63-60-57-54-51-48-45-43-41-39-32-30-28-26-23-20-17-14-11-8-2/h10,13,19-20,22-23,27-30,33-34,36-37,40,42,59,62,68-69H,7-9,11-12,14-18,21,24-26,31-32,35,38-39,41,43-58,60-61,63-67H2,1-6H3,(H-,72,74,76,77)/p+1/b13-10-,22-19-,23-20-,29-27-,30-28-,34-33-,37-36-,42-40-,62-59-. The predicted molar refractivity (Wildman–Crippen MR) is 350 cm³/mol. The number of rotatable bonds is 59. The van der Waals surface area contributed by atoms with Gasteiger partial charge < -0.3 is 19.4 Å². The highest BCUT2D eigenvalue weighted by atomic mass is 31.2. The lowest BCUT2D eigenvalue weighted by molar-refractivity contribution is -0.870. The van der Waals surface area contributed by atoms with Gasteiger partial charge in [0.05, 0.1) is 33.8 Å². The van der Waals surface area contributed by atoms with Gasteiger partial charge in [0.15, 0.2) is 0 Å². The summed E-state index contributed by atoms with van der Waals surface area (Å²) < 4.78 is 30.7. The van der Waals surface area contributed by atoms with Crippen LogP contribution in [0.25, 0.3) is 0 Å². The number of esters is 1. The van der Waals surface area contributed by atoms with Gasteiger partial charge in [0.2, 0.25) is 5.91 Å². The second kappa shape index (κ2) is 59.8. The highest BCUT2D eigenvalue weighted by Gasteiger charge is 2.30. The molecule has 3 unspecified atom stereocenters. The fraction of sp³-hybridized carbons (Fsp3) is 0.718. The van der Waals surface area contributed by atoms with Crippen LogP contribution in [-0.4, -0.2) is 74.3 Å². The van der Waals surface area contributed by atoms with E-state index in [2.05, 4.69) is 123 Å². The molecule has 0 fully saturated rings. The second-order valence-corrected chi connectivity index (χ2v) is 24.7. The third-order valence-electron chi connectivity index (χ3n) is 14.2. The molecule has 0 saturated heterocycles. The maximum absolute atomic E-state index is 13.6. The molecule has 1 amide bonds. The first kappa shape index (κ1) is 77.7. The SMILES string of the molecule is CC/C=C\C/C=C\C/C=C\C/C=C\C/C=C\C/C=C\CCCCCCCCC(=O)OC(/C=C\CCCCCCCCCCC)C(COP(=O)(O)OCC[N+](C)(C)C)NC(=O)CCCCCCCCCCC/C=C\C/C=C\CCCCC. The zero-order chi connectivity index (χ0) is 59.3. The van der Waals surface area contributed by atoms with Crippen molar-refractivity contribution in [3.05, 3.63) is 109 Å². The summed E-state index contributed by atoms with van der Waals surface area (Å²) in [6.07, 6.45) is 82.3. The van der Waals surface area contributed by atoms with Gasteiger partial charge in [-0.15, -0.1) is 0 Å². The number of allylic oxidation sites excluding steroid dienone is 17. The lowest BCUT2D eigenvalue weighted by Crippen LogP contribution is -2.47. The van der Waals surface area contributed by atoms with E-state index >= 15 is 0 Å². The molecule has 0 aliphatic rings. The fourth-order valence-corrected chi connectivity index (χ4v) is 9.83. The van der Waals surface area contributed by atoms with Gasteiger partial charge in [-0.25, -0.2) is 4.57 Å². The van der Waals surface area contributed by atoms with Gasteiger partial charge in [0, 0.05) is 12.8 Å². The van der Waals surface area contributed by atoms with Crippen molar-refractivity contribution in [2.75, 3.05) is 40.9 Å². The van der Waals surface area contributed by atoms with E-state index in [4.69, 9.17) is 13.8 Å². The minimum atomic E-state index is -4.46. The number of likely N-dealkylation sites (N-methyl/N-ethyl adjacent to an activating group) is 1. The van der Waals surface area contributed by atoms with E-state index in [9.17, 15) is 19.0 Å². The molecule has 10 heteroatoms. The first-order valence-electron chi connectivity index (χ1n) is 33.2.